The van der Waals surface area contributed by atoms with Crippen molar-refractivity contribution >= 4 is 16.9 Å². The van der Waals surface area contributed by atoms with Crippen molar-refractivity contribution in [2.24, 2.45) is 0 Å². The predicted octanol–water partition coefficient (Wildman–Crippen LogP) is 10.2. The van der Waals surface area contributed by atoms with Crippen molar-refractivity contribution in [2.45, 2.75) is 12.8 Å². The van der Waals surface area contributed by atoms with Crippen molar-refractivity contribution in [1.82, 2.24) is 0 Å². The molecule has 6 aromatic carbocycles. The molecule has 0 N–H and O–H groups in total. The number of rotatable bonds is 11. The molecule has 0 atom stereocenters. The van der Waals surface area contributed by atoms with Crippen LogP contribution in [-0.2, 0) is 6.42 Å². The highest BCUT2D eigenvalue weighted by molar-refractivity contribution is 6.09. The number of hydrogen-bond acceptors (Lipinski definition) is 2. The molecule has 0 heterocycles. The highest BCUT2D eigenvalue weighted by Gasteiger charge is 2.19. The zero-order valence-electron chi connectivity index (χ0n) is 25.2. The number of ketones is 1. The van der Waals surface area contributed by atoms with Gasteiger partial charge in [0.1, 0.15) is 17.4 Å². The minimum atomic E-state index is -0.862. The van der Waals surface area contributed by atoms with E-state index in [1.54, 1.807) is 12.1 Å². The summed E-state index contributed by atoms with van der Waals surface area (Å²) in [4.78, 5) is 12.6. The number of ether oxygens (including phenoxy) is 1. The molecule has 0 bridgehead atoms. The van der Waals surface area contributed by atoms with Gasteiger partial charge in [-0.1, -0.05) is 133 Å². The normalized spacial score (nSPS) is 10.7. The van der Waals surface area contributed by atoms with Crippen LogP contribution in [0.3, 0.4) is 0 Å². The van der Waals surface area contributed by atoms with Crippen LogP contribution in [0.15, 0.2) is 158 Å². The van der Waals surface area contributed by atoms with Gasteiger partial charge in [0.15, 0.2) is 5.78 Å². The Hall–Kier alpha value is -5.61. The average Bonchev–Trinajstić information content (AvgIpc) is 3.11. The lowest BCUT2D eigenvalue weighted by molar-refractivity contribution is 0.103. The Balaban J connectivity index is 1.16. The summed E-state index contributed by atoms with van der Waals surface area (Å²) in [5, 5.41) is 0. The summed E-state index contributed by atoms with van der Waals surface area (Å²) < 4.78 is 34.2. The lowest BCUT2D eigenvalue weighted by Crippen LogP contribution is -2.07. The Kier molecular flexibility index (Phi) is 9.55. The quantitative estimate of drug-likeness (QED) is 0.0833. The minimum absolute atomic E-state index is 0.246. The zero-order chi connectivity index (χ0) is 31.7. The fraction of sp³-hybridized carbons (Fsp3) is 0.0714. The Morgan fingerprint density at radius 3 is 1.39 bits per heavy atom. The summed E-state index contributed by atoms with van der Waals surface area (Å²) in [6, 6.07) is 49.9. The third kappa shape index (κ3) is 7.03. The van der Waals surface area contributed by atoms with E-state index in [2.05, 4.69) is 84.9 Å². The van der Waals surface area contributed by atoms with Crippen LogP contribution >= 0.6 is 0 Å². The Morgan fingerprint density at radius 1 is 0.478 bits per heavy atom. The van der Waals surface area contributed by atoms with E-state index in [0.29, 0.717) is 6.61 Å². The second-order valence-corrected chi connectivity index (χ2v) is 10.9. The number of carbonyl (C=O) groups excluding carboxylic acids is 1. The van der Waals surface area contributed by atoms with E-state index in [9.17, 15) is 13.6 Å². The molecule has 4 heteroatoms. The molecule has 46 heavy (non-hydrogen) atoms. The number of aryl methyl sites for hydroxylation is 1. The first-order chi connectivity index (χ1) is 22.6. The molecule has 0 spiro atoms. The SMILES string of the molecule is O=C(c1ccc(CCCOc2ccc(C(=C(c3ccccc3)c3ccccc3)c3ccccc3)cc2)cc1)c1c(F)cccc1F. The van der Waals surface area contributed by atoms with E-state index < -0.39 is 23.0 Å². The van der Waals surface area contributed by atoms with Crippen LogP contribution in [0.1, 0.15) is 50.2 Å². The van der Waals surface area contributed by atoms with Gasteiger partial charge in [0.25, 0.3) is 0 Å². The van der Waals surface area contributed by atoms with E-state index >= 15 is 0 Å². The molecular weight excluding hydrogens is 574 g/mol. The molecule has 6 aromatic rings. The summed E-state index contributed by atoms with van der Waals surface area (Å²) >= 11 is 0. The largest absolute Gasteiger partial charge is 0.494 e. The molecule has 0 saturated heterocycles. The molecule has 226 valence electrons. The molecule has 0 aliphatic carbocycles. The molecular formula is C42H32F2O2. The van der Waals surface area contributed by atoms with Crippen molar-refractivity contribution in [3.8, 4) is 5.75 Å². The van der Waals surface area contributed by atoms with Crippen LogP contribution in [-0.4, -0.2) is 12.4 Å². The number of benzene rings is 6. The van der Waals surface area contributed by atoms with E-state index in [1.165, 1.54) is 6.07 Å². The van der Waals surface area contributed by atoms with Crippen molar-refractivity contribution in [1.29, 1.82) is 0 Å². The Morgan fingerprint density at radius 2 is 0.913 bits per heavy atom. The summed E-state index contributed by atoms with van der Waals surface area (Å²) in [7, 11) is 0. The standard InChI is InChI=1S/C42H32F2O2/c43-37-19-10-20-38(44)41(37)42(45)35-23-21-30(22-24-35)12-11-29-46-36-27-25-34(26-28-36)40(33-17-8-3-9-18-33)39(31-13-4-1-5-14-31)32-15-6-2-7-16-32/h1-10,13-28H,11-12,29H2. The topological polar surface area (TPSA) is 26.3 Å². The second kappa shape index (κ2) is 14.4. The molecule has 0 amide bonds. The molecule has 6 rings (SSSR count). The highest BCUT2D eigenvalue weighted by atomic mass is 19.1. The minimum Gasteiger partial charge on any atom is -0.494 e. The molecule has 2 nitrogen and oxygen atoms in total. The maximum absolute atomic E-state index is 14.1. The van der Waals surface area contributed by atoms with Crippen molar-refractivity contribution in [3.05, 3.63) is 208 Å². The van der Waals surface area contributed by atoms with Gasteiger partial charge in [-0.25, -0.2) is 8.78 Å². The van der Waals surface area contributed by atoms with Gasteiger partial charge in [0, 0.05) is 5.56 Å². The molecule has 0 unspecified atom stereocenters. The third-order valence-corrected chi connectivity index (χ3v) is 7.86. The Labute approximate surface area is 268 Å². The zero-order valence-corrected chi connectivity index (χ0v) is 25.2. The van der Waals surface area contributed by atoms with Crippen LogP contribution in [0.5, 0.6) is 5.75 Å². The van der Waals surface area contributed by atoms with Crippen LogP contribution in [0.2, 0.25) is 0 Å². The molecule has 0 aromatic heterocycles. The number of halogens is 2. The van der Waals surface area contributed by atoms with E-state index in [4.69, 9.17) is 4.74 Å². The fourth-order valence-electron chi connectivity index (χ4n) is 5.59. The molecule has 0 radical (unpaired) electrons. The first-order valence-corrected chi connectivity index (χ1v) is 15.3. The maximum Gasteiger partial charge on any atom is 0.198 e. The van der Waals surface area contributed by atoms with Gasteiger partial charge < -0.3 is 4.74 Å². The molecule has 0 aliphatic rings. The second-order valence-electron chi connectivity index (χ2n) is 10.9. The van der Waals surface area contributed by atoms with Crippen molar-refractivity contribution in [3.63, 3.8) is 0 Å². The third-order valence-electron chi connectivity index (χ3n) is 7.86. The molecule has 0 aliphatic heterocycles. The van der Waals surface area contributed by atoms with Crippen LogP contribution in [0.25, 0.3) is 11.1 Å². The van der Waals surface area contributed by atoms with Crippen LogP contribution in [0.4, 0.5) is 8.78 Å². The van der Waals surface area contributed by atoms with Gasteiger partial charge in [0.05, 0.1) is 12.2 Å². The van der Waals surface area contributed by atoms with Gasteiger partial charge in [-0.05, 0) is 76.1 Å². The molecule has 0 saturated carbocycles. The predicted molar refractivity (Wildman–Crippen MR) is 181 cm³/mol. The van der Waals surface area contributed by atoms with Crippen molar-refractivity contribution in [2.75, 3.05) is 6.61 Å². The van der Waals surface area contributed by atoms with Crippen molar-refractivity contribution < 1.29 is 18.3 Å². The van der Waals surface area contributed by atoms with Crippen LogP contribution in [0, 0.1) is 11.6 Å². The lowest BCUT2D eigenvalue weighted by Gasteiger charge is -2.18. The average molecular weight is 607 g/mol. The maximum atomic E-state index is 14.1. The van der Waals surface area contributed by atoms with Crippen LogP contribution < -0.4 is 4.74 Å². The summed E-state index contributed by atoms with van der Waals surface area (Å²) in [6.45, 7) is 0.515. The smallest absolute Gasteiger partial charge is 0.198 e. The number of carbonyl (C=O) groups is 1. The highest BCUT2D eigenvalue weighted by Crippen LogP contribution is 2.37. The van der Waals surface area contributed by atoms with E-state index in [0.717, 1.165) is 69.7 Å². The monoisotopic (exact) mass is 606 g/mol. The van der Waals surface area contributed by atoms with Gasteiger partial charge in [-0.2, -0.15) is 0 Å². The lowest BCUT2D eigenvalue weighted by atomic mass is 9.86. The summed E-state index contributed by atoms with van der Waals surface area (Å²) in [5.74, 6) is -1.61. The van der Waals surface area contributed by atoms with Gasteiger partial charge in [-0.3, -0.25) is 4.79 Å². The molecule has 0 fully saturated rings. The summed E-state index contributed by atoms with van der Waals surface area (Å²) in [6.07, 6.45) is 1.50. The first kappa shape index (κ1) is 30.4. The first-order valence-electron chi connectivity index (χ1n) is 15.3. The summed E-state index contributed by atoms with van der Waals surface area (Å²) in [5.41, 5.74) is 7.53. The van der Waals surface area contributed by atoms with E-state index in [-0.39, 0.29) is 5.56 Å². The number of hydrogen-bond donors (Lipinski definition) is 0. The van der Waals surface area contributed by atoms with Gasteiger partial charge in [0.2, 0.25) is 0 Å². The van der Waals surface area contributed by atoms with Gasteiger partial charge in [-0.15, -0.1) is 0 Å². The van der Waals surface area contributed by atoms with E-state index in [1.807, 2.05) is 42.5 Å². The Bertz CT molecular complexity index is 1870. The van der Waals surface area contributed by atoms with Gasteiger partial charge >= 0.3 is 0 Å². The fourth-order valence-corrected chi connectivity index (χ4v) is 5.59.